The van der Waals surface area contributed by atoms with E-state index in [0.717, 1.165) is 33.1 Å². The lowest BCUT2D eigenvalue weighted by Crippen LogP contribution is -1.97. The first-order chi connectivity index (χ1) is 9.20. The van der Waals surface area contributed by atoms with E-state index in [1.165, 1.54) is 0 Å². The van der Waals surface area contributed by atoms with Crippen LogP contribution in [0.5, 0.6) is 0 Å². The Hall–Kier alpha value is -2.00. The van der Waals surface area contributed by atoms with Crippen LogP contribution >= 0.6 is 11.6 Å². The first kappa shape index (κ1) is 12.1. The third-order valence-corrected chi connectivity index (χ3v) is 3.52. The van der Waals surface area contributed by atoms with Crippen molar-refractivity contribution in [2.75, 3.05) is 12.4 Å². The summed E-state index contributed by atoms with van der Waals surface area (Å²) in [6.07, 6.45) is 0. The molecule has 3 nitrogen and oxygen atoms in total. The molecule has 96 valence electrons. The number of halogens is 1. The third-order valence-electron chi connectivity index (χ3n) is 3.28. The van der Waals surface area contributed by atoms with Crippen LogP contribution in [0.15, 0.2) is 42.5 Å². The van der Waals surface area contributed by atoms with Crippen molar-refractivity contribution in [1.29, 1.82) is 0 Å². The normalized spacial score (nSPS) is 10.9. The van der Waals surface area contributed by atoms with E-state index in [1.807, 2.05) is 50.5 Å². The molecule has 0 spiro atoms. The molecule has 0 saturated carbocycles. The molecule has 0 aliphatic carbocycles. The molecule has 0 bridgehead atoms. The van der Waals surface area contributed by atoms with E-state index in [9.17, 15) is 0 Å². The molecule has 1 heterocycles. The number of imidazole rings is 1. The fourth-order valence-corrected chi connectivity index (χ4v) is 2.47. The van der Waals surface area contributed by atoms with Gasteiger partial charge in [-0.15, -0.1) is 0 Å². The van der Waals surface area contributed by atoms with E-state index in [4.69, 9.17) is 16.6 Å². The summed E-state index contributed by atoms with van der Waals surface area (Å²) < 4.78 is 2.07. The van der Waals surface area contributed by atoms with Crippen LogP contribution in [0.3, 0.4) is 0 Å². The van der Waals surface area contributed by atoms with Crippen molar-refractivity contribution in [3.63, 3.8) is 0 Å². The van der Waals surface area contributed by atoms with Crippen LogP contribution in [0.4, 0.5) is 5.69 Å². The number of para-hydroxylation sites is 1. The highest BCUT2D eigenvalue weighted by molar-refractivity contribution is 6.31. The minimum Gasteiger partial charge on any atom is -0.388 e. The molecule has 0 saturated heterocycles. The fraction of sp³-hybridized carbons (Fsp3) is 0.133. The van der Waals surface area contributed by atoms with Gasteiger partial charge in [-0.2, -0.15) is 0 Å². The molecular weight excluding hydrogens is 258 g/mol. The number of benzene rings is 2. The summed E-state index contributed by atoms with van der Waals surface area (Å²) in [5.41, 5.74) is 4.13. The summed E-state index contributed by atoms with van der Waals surface area (Å²) >= 11 is 6.05. The highest BCUT2D eigenvalue weighted by atomic mass is 35.5. The molecule has 19 heavy (non-hydrogen) atoms. The Balaban J connectivity index is 2.28. The molecular formula is C15H14ClN3. The van der Waals surface area contributed by atoms with E-state index < -0.39 is 0 Å². The average molecular weight is 272 g/mol. The van der Waals surface area contributed by atoms with E-state index in [2.05, 4.69) is 16.0 Å². The number of anilines is 1. The Labute approximate surface area is 116 Å². The van der Waals surface area contributed by atoms with Gasteiger partial charge in [-0.05, 0) is 30.3 Å². The van der Waals surface area contributed by atoms with Crippen LogP contribution in [-0.2, 0) is 7.05 Å². The summed E-state index contributed by atoms with van der Waals surface area (Å²) in [5.74, 6) is 0.933. The summed E-state index contributed by atoms with van der Waals surface area (Å²) in [5, 5.41) is 3.92. The number of aryl methyl sites for hydroxylation is 1. The average Bonchev–Trinajstić information content (AvgIpc) is 2.76. The molecule has 1 N–H and O–H groups in total. The SMILES string of the molecule is CNc1ccccc1-c1nc2ccc(Cl)cc2n1C. The van der Waals surface area contributed by atoms with Crippen molar-refractivity contribution in [2.24, 2.45) is 7.05 Å². The van der Waals surface area contributed by atoms with Gasteiger partial charge < -0.3 is 9.88 Å². The van der Waals surface area contributed by atoms with Gasteiger partial charge >= 0.3 is 0 Å². The topological polar surface area (TPSA) is 29.9 Å². The summed E-state index contributed by atoms with van der Waals surface area (Å²) in [6, 6.07) is 13.9. The number of fused-ring (bicyclic) bond motifs is 1. The summed E-state index contributed by atoms with van der Waals surface area (Å²) in [6.45, 7) is 0. The highest BCUT2D eigenvalue weighted by Gasteiger charge is 2.12. The third kappa shape index (κ3) is 1.96. The smallest absolute Gasteiger partial charge is 0.142 e. The van der Waals surface area contributed by atoms with Crippen LogP contribution in [0.25, 0.3) is 22.4 Å². The molecule has 0 radical (unpaired) electrons. The van der Waals surface area contributed by atoms with E-state index in [1.54, 1.807) is 0 Å². The van der Waals surface area contributed by atoms with E-state index in [-0.39, 0.29) is 0 Å². The molecule has 0 amide bonds. The number of rotatable bonds is 2. The molecule has 0 unspecified atom stereocenters. The number of hydrogen-bond donors (Lipinski definition) is 1. The first-order valence-electron chi connectivity index (χ1n) is 6.10. The quantitative estimate of drug-likeness (QED) is 0.765. The predicted molar refractivity (Wildman–Crippen MR) is 80.7 cm³/mol. The number of nitrogens with one attached hydrogen (secondary N) is 1. The van der Waals surface area contributed by atoms with Gasteiger partial charge in [-0.3, -0.25) is 0 Å². The molecule has 0 aliphatic heterocycles. The molecule has 0 atom stereocenters. The standard InChI is InChI=1S/C15H14ClN3/c1-17-12-6-4-3-5-11(12)15-18-13-8-7-10(16)9-14(13)19(15)2/h3-9,17H,1-2H3. The van der Waals surface area contributed by atoms with Crippen molar-refractivity contribution in [1.82, 2.24) is 9.55 Å². The van der Waals surface area contributed by atoms with Gasteiger partial charge in [0.15, 0.2) is 0 Å². The Bertz CT molecular complexity index is 746. The molecule has 4 heteroatoms. The first-order valence-corrected chi connectivity index (χ1v) is 6.47. The maximum atomic E-state index is 6.05. The molecule has 3 aromatic rings. The summed E-state index contributed by atoms with van der Waals surface area (Å²) in [7, 11) is 3.92. The second kappa shape index (κ2) is 4.59. The molecule has 0 aliphatic rings. The Morgan fingerprint density at radius 3 is 2.74 bits per heavy atom. The molecule has 0 fully saturated rings. The van der Waals surface area contributed by atoms with Gasteiger partial charge in [0.25, 0.3) is 0 Å². The van der Waals surface area contributed by atoms with Crippen molar-refractivity contribution in [3.05, 3.63) is 47.5 Å². The zero-order chi connectivity index (χ0) is 13.4. The maximum Gasteiger partial charge on any atom is 0.142 e. The van der Waals surface area contributed by atoms with Gasteiger partial charge in [0.05, 0.1) is 11.0 Å². The fourth-order valence-electron chi connectivity index (χ4n) is 2.30. The lowest BCUT2D eigenvalue weighted by molar-refractivity contribution is 0.959. The monoisotopic (exact) mass is 271 g/mol. The van der Waals surface area contributed by atoms with Crippen molar-refractivity contribution >= 4 is 28.3 Å². The van der Waals surface area contributed by atoms with Crippen molar-refractivity contribution in [3.8, 4) is 11.4 Å². The van der Waals surface area contributed by atoms with Crippen molar-refractivity contribution in [2.45, 2.75) is 0 Å². The Morgan fingerprint density at radius 2 is 1.95 bits per heavy atom. The van der Waals surface area contributed by atoms with Crippen LogP contribution in [0.1, 0.15) is 0 Å². The van der Waals surface area contributed by atoms with Crippen LogP contribution in [0.2, 0.25) is 5.02 Å². The summed E-state index contributed by atoms with van der Waals surface area (Å²) in [4.78, 5) is 4.70. The van der Waals surface area contributed by atoms with Crippen molar-refractivity contribution < 1.29 is 0 Å². The molecule has 3 rings (SSSR count). The highest BCUT2D eigenvalue weighted by Crippen LogP contribution is 2.30. The number of nitrogens with zero attached hydrogens (tertiary/aromatic N) is 2. The lowest BCUT2D eigenvalue weighted by Gasteiger charge is -2.08. The van der Waals surface area contributed by atoms with Gasteiger partial charge in [0.2, 0.25) is 0 Å². The Morgan fingerprint density at radius 1 is 1.16 bits per heavy atom. The van der Waals surface area contributed by atoms with Gasteiger partial charge in [-0.1, -0.05) is 23.7 Å². The molecule has 2 aromatic carbocycles. The van der Waals surface area contributed by atoms with Crippen LogP contribution < -0.4 is 5.32 Å². The number of aromatic nitrogens is 2. The number of hydrogen-bond acceptors (Lipinski definition) is 2. The van der Waals surface area contributed by atoms with Crippen LogP contribution in [0, 0.1) is 0 Å². The zero-order valence-electron chi connectivity index (χ0n) is 10.8. The van der Waals surface area contributed by atoms with Gasteiger partial charge in [0, 0.05) is 30.4 Å². The van der Waals surface area contributed by atoms with E-state index >= 15 is 0 Å². The minimum absolute atomic E-state index is 0.726. The minimum atomic E-state index is 0.726. The maximum absolute atomic E-state index is 6.05. The zero-order valence-corrected chi connectivity index (χ0v) is 11.6. The van der Waals surface area contributed by atoms with E-state index in [0.29, 0.717) is 0 Å². The lowest BCUT2D eigenvalue weighted by atomic mass is 10.1. The van der Waals surface area contributed by atoms with Gasteiger partial charge in [-0.25, -0.2) is 4.98 Å². The van der Waals surface area contributed by atoms with Gasteiger partial charge in [0.1, 0.15) is 5.82 Å². The van der Waals surface area contributed by atoms with Crippen LogP contribution in [-0.4, -0.2) is 16.6 Å². The largest absolute Gasteiger partial charge is 0.388 e. The molecule has 1 aromatic heterocycles. The Kier molecular flexibility index (Phi) is 2.91. The predicted octanol–water partition coefficient (Wildman–Crippen LogP) is 3.94. The second-order valence-corrected chi connectivity index (χ2v) is 4.86. The second-order valence-electron chi connectivity index (χ2n) is 4.42.